The molecule has 1 aromatic heterocycles. The quantitative estimate of drug-likeness (QED) is 0.688. The lowest BCUT2D eigenvalue weighted by molar-refractivity contribution is -0.153. The van der Waals surface area contributed by atoms with Crippen LogP contribution >= 0.6 is 0 Å². The van der Waals surface area contributed by atoms with Gasteiger partial charge in [-0.1, -0.05) is 0 Å². The van der Waals surface area contributed by atoms with Crippen molar-refractivity contribution in [3.05, 3.63) is 18.2 Å². The zero-order valence-electron chi connectivity index (χ0n) is 11.1. The molecule has 0 aromatic carbocycles. The number of hydrogen-bond donors (Lipinski definition) is 1. The maximum Gasteiger partial charge on any atom is 0.173 e. The monoisotopic (exact) mass is 241 g/mol. The molecular weight excluding hydrogens is 218 g/mol. The molecule has 1 rings (SSSR count). The molecule has 1 aromatic rings. The second-order valence-electron chi connectivity index (χ2n) is 3.83. The second kappa shape index (κ2) is 7.42. The van der Waals surface area contributed by atoms with Crippen LogP contribution in [0.5, 0.6) is 0 Å². The number of likely N-dealkylation sites (N-methyl/N-ethyl adjacent to an activating group) is 1. The van der Waals surface area contributed by atoms with E-state index in [1.807, 2.05) is 38.7 Å². The van der Waals surface area contributed by atoms with Crippen LogP contribution in [0.15, 0.2) is 12.4 Å². The van der Waals surface area contributed by atoms with Crippen molar-refractivity contribution in [1.29, 1.82) is 0 Å². The first-order chi connectivity index (χ1) is 8.22. The van der Waals surface area contributed by atoms with Gasteiger partial charge in [-0.3, -0.25) is 0 Å². The summed E-state index contributed by atoms with van der Waals surface area (Å²) in [6.07, 6.45) is 4.30. The average molecular weight is 241 g/mol. The standard InChI is InChI=1S/C12H23N3O2/c1-5-16-12(17-6-2)10(13-3)9-11-14-7-8-15(11)4/h7-8,10,12-13H,5-6,9H2,1-4H3. The van der Waals surface area contributed by atoms with Gasteiger partial charge in [0.05, 0.1) is 6.04 Å². The molecule has 0 aliphatic rings. The lowest BCUT2D eigenvalue weighted by Gasteiger charge is -2.26. The van der Waals surface area contributed by atoms with Gasteiger partial charge in [-0.25, -0.2) is 4.98 Å². The van der Waals surface area contributed by atoms with E-state index in [0.29, 0.717) is 13.2 Å². The molecule has 0 fully saturated rings. The van der Waals surface area contributed by atoms with Gasteiger partial charge in [0.2, 0.25) is 0 Å². The van der Waals surface area contributed by atoms with Crippen molar-refractivity contribution < 1.29 is 9.47 Å². The molecule has 5 heteroatoms. The van der Waals surface area contributed by atoms with Crippen molar-refractivity contribution in [3.8, 4) is 0 Å². The molecular formula is C12H23N3O2. The first-order valence-electron chi connectivity index (χ1n) is 6.09. The van der Waals surface area contributed by atoms with Crippen LogP contribution in [-0.2, 0) is 22.9 Å². The Morgan fingerprint density at radius 3 is 2.41 bits per heavy atom. The minimum absolute atomic E-state index is 0.107. The lowest BCUT2D eigenvalue weighted by atomic mass is 10.2. The molecule has 0 aliphatic carbocycles. The fraction of sp³-hybridized carbons (Fsp3) is 0.750. The highest BCUT2D eigenvalue weighted by atomic mass is 16.7. The predicted octanol–water partition coefficient (Wildman–Crippen LogP) is 0.950. The summed E-state index contributed by atoms with van der Waals surface area (Å²) in [5.74, 6) is 1.02. The number of nitrogens with one attached hydrogen (secondary N) is 1. The van der Waals surface area contributed by atoms with Crippen LogP contribution in [0.2, 0.25) is 0 Å². The molecule has 1 unspecified atom stereocenters. The summed E-state index contributed by atoms with van der Waals surface area (Å²) in [5.41, 5.74) is 0. The van der Waals surface area contributed by atoms with Gasteiger partial charge < -0.3 is 19.4 Å². The van der Waals surface area contributed by atoms with Gasteiger partial charge in [-0.05, 0) is 20.9 Å². The van der Waals surface area contributed by atoms with Crippen molar-refractivity contribution in [2.45, 2.75) is 32.6 Å². The molecule has 0 radical (unpaired) electrons. The van der Waals surface area contributed by atoms with Crippen molar-refractivity contribution in [2.24, 2.45) is 7.05 Å². The lowest BCUT2D eigenvalue weighted by Crippen LogP contribution is -2.43. The smallest absolute Gasteiger partial charge is 0.173 e. The first-order valence-corrected chi connectivity index (χ1v) is 6.09. The molecule has 1 heterocycles. The fourth-order valence-electron chi connectivity index (χ4n) is 1.73. The molecule has 0 bridgehead atoms. The topological polar surface area (TPSA) is 48.3 Å². The van der Waals surface area contributed by atoms with Gasteiger partial charge in [0, 0.05) is 39.1 Å². The number of hydrogen-bond acceptors (Lipinski definition) is 4. The summed E-state index contributed by atoms with van der Waals surface area (Å²) in [6, 6.07) is 0.107. The average Bonchev–Trinajstić information content (AvgIpc) is 2.71. The van der Waals surface area contributed by atoms with E-state index in [-0.39, 0.29) is 12.3 Å². The molecule has 0 spiro atoms. The van der Waals surface area contributed by atoms with Crippen LogP contribution in [-0.4, -0.2) is 42.1 Å². The van der Waals surface area contributed by atoms with E-state index in [4.69, 9.17) is 9.47 Å². The van der Waals surface area contributed by atoms with Crippen LogP contribution in [0.3, 0.4) is 0 Å². The minimum atomic E-state index is -0.230. The predicted molar refractivity (Wildman–Crippen MR) is 66.8 cm³/mol. The summed E-state index contributed by atoms with van der Waals surface area (Å²) in [5, 5.41) is 3.23. The Bertz CT molecular complexity index is 308. The third kappa shape index (κ3) is 4.11. The minimum Gasteiger partial charge on any atom is -0.351 e. The van der Waals surface area contributed by atoms with Crippen LogP contribution in [0, 0.1) is 0 Å². The van der Waals surface area contributed by atoms with Gasteiger partial charge in [-0.15, -0.1) is 0 Å². The van der Waals surface area contributed by atoms with E-state index < -0.39 is 0 Å². The largest absolute Gasteiger partial charge is 0.351 e. The molecule has 0 amide bonds. The molecule has 5 nitrogen and oxygen atoms in total. The SMILES string of the molecule is CCOC(OCC)C(Cc1nccn1C)NC. The molecule has 17 heavy (non-hydrogen) atoms. The summed E-state index contributed by atoms with van der Waals surface area (Å²) < 4.78 is 13.2. The number of rotatable bonds is 8. The van der Waals surface area contributed by atoms with Crippen LogP contribution in [0.1, 0.15) is 19.7 Å². The molecule has 1 atom stereocenters. The van der Waals surface area contributed by atoms with E-state index >= 15 is 0 Å². The highest BCUT2D eigenvalue weighted by Gasteiger charge is 2.22. The Morgan fingerprint density at radius 2 is 2.00 bits per heavy atom. The van der Waals surface area contributed by atoms with Crippen molar-refractivity contribution in [2.75, 3.05) is 20.3 Å². The van der Waals surface area contributed by atoms with E-state index in [1.54, 1.807) is 6.20 Å². The van der Waals surface area contributed by atoms with E-state index in [1.165, 1.54) is 0 Å². The highest BCUT2D eigenvalue weighted by molar-refractivity contribution is 4.95. The Kier molecular flexibility index (Phi) is 6.18. The van der Waals surface area contributed by atoms with E-state index in [2.05, 4.69) is 10.3 Å². The van der Waals surface area contributed by atoms with Crippen LogP contribution in [0.4, 0.5) is 0 Å². The third-order valence-electron chi connectivity index (χ3n) is 2.68. The van der Waals surface area contributed by atoms with Gasteiger partial charge in [0.1, 0.15) is 5.82 Å². The first kappa shape index (κ1) is 14.2. The zero-order valence-corrected chi connectivity index (χ0v) is 11.1. The maximum absolute atomic E-state index is 5.60. The van der Waals surface area contributed by atoms with Gasteiger partial charge in [0.25, 0.3) is 0 Å². The molecule has 98 valence electrons. The molecule has 0 saturated heterocycles. The van der Waals surface area contributed by atoms with Crippen LogP contribution in [0.25, 0.3) is 0 Å². The van der Waals surface area contributed by atoms with Crippen molar-refractivity contribution >= 4 is 0 Å². The number of nitrogens with zero attached hydrogens (tertiary/aromatic N) is 2. The summed E-state index contributed by atoms with van der Waals surface area (Å²) in [7, 11) is 3.91. The van der Waals surface area contributed by atoms with Gasteiger partial charge in [0.15, 0.2) is 6.29 Å². The summed E-state index contributed by atoms with van der Waals surface area (Å²) >= 11 is 0. The van der Waals surface area contributed by atoms with Crippen LogP contribution < -0.4 is 5.32 Å². The Hall–Kier alpha value is -0.910. The Labute approximate surface area is 103 Å². The molecule has 1 N–H and O–H groups in total. The van der Waals surface area contributed by atoms with E-state index in [0.717, 1.165) is 12.2 Å². The molecule has 0 saturated carbocycles. The number of aryl methyl sites for hydroxylation is 1. The summed E-state index contributed by atoms with van der Waals surface area (Å²) in [6.45, 7) is 5.23. The Balaban J connectivity index is 2.64. The van der Waals surface area contributed by atoms with Gasteiger partial charge >= 0.3 is 0 Å². The van der Waals surface area contributed by atoms with Gasteiger partial charge in [-0.2, -0.15) is 0 Å². The van der Waals surface area contributed by atoms with Crippen molar-refractivity contribution in [3.63, 3.8) is 0 Å². The second-order valence-corrected chi connectivity index (χ2v) is 3.83. The highest BCUT2D eigenvalue weighted by Crippen LogP contribution is 2.08. The zero-order chi connectivity index (χ0) is 12.7. The number of imidazole rings is 1. The normalized spacial score (nSPS) is 13.2. The molecule has 0 aliphatic heterocycles. The summed E-state index contributed by atoms with van der Waals surface area (Å²) in [4.78, 5) is 4.32. The number of aromatic nitrogens is 2. The van der Waals surface area contributed by atoms with Crippen molar-refractivity contribution in [1.82, 2.24) is 14.9 Å². The number of ether oxygens (including phenoxy) is 2. The third-order valence-corrected chi connectivity index (χ3v) is 2.68. The fourth-order valence-corrected chi connectivity index (χ4v) is 1.73. The van der Waals surface area contributed by atoms with E-state index in [9.17, 15) is 0 Å². The maximum atomic E-state index is 5.60. The Morgan fingerprint density at radius 1 is 1.35 bits per heavy atom.